The minimum absolute atomic E-state index is 0.0278. The highest BCUT2D eigenvalue weighted by atomic mass is 32.1. The molecule has 3 aromatic rings. The highest BCUT2D eigenvalue weighted by Crippen LogP contribution is 2.39. The van der Waals surface area contributed by atoms with Gasteiger partial charge in [-0.1, -0.05) is 0 Å². The van der Waals surface area contributed by atoms with E-state index < -0.39 is 0 Å². The Bertz CT molecular complexity index is 1100. The van der Waals surface area contributed by atoms with Crippen molar-refractivity contribution in [1.82, 2.24) is 14.9 Å². The van der Waals surface area contributed by atoms with Gasteiger partial charge in [0.05, 0.1) is 5.39 Å². The van der Waals surface area contributed by atoms with Crippen LogP contribution >= 0.6 is 24.0 Å². The predicted molar refractivity (Wildman–Crippen MR) is 130 cm³/mol. The molecule has 0 radical (unpaired) electrons. The molecule has 7 nitrogen and oxygen atoms in total. The Kier molecular flexibility index (Phi) is 7.40. The highest BCUT2D eigenvalue weighted by Gasteiger charge is 2.19. The number of rotatable bonds is 5. The average Bonchev–Trinajstić information content (AvgIpc) is 3.11. The largest absolute Gasteiger partial charge is 0.495 e. The number of aliphatic hydroxyl groups excluding tert-OH is 1. The van der Waals surface area contributed by atoms with Gasteiger partial charge in [0.1, 0.15) is 17.0 Å². The van der Waals surface area contributed by atoms with Crippen molar-refractivity contribution in [2.24, 2.45) is 0 Å². The second-order valence-corrected chi connectivity index (χ2v) is 9.10. The third-order valence-electron chi connectivity index (χ3n) is 5.01. The van der Waals surface area contributed by atoms with Crippen LogP contribution in [0.1, 0.15) is 37.1 Å². The van der Waals surface area contributed by atoms with Crippen LogP contribution in [0, 0.1) is 0 Å². The van der Waals surface area contributed by atoms with E-state index in [1.807, 2.05) is 18.2 Å². The minimum atomic E-state index is -0.208. The number of aliphatic hydroxyl groups is 1. The molecule has 4 rings (SSSR count). The van der Waals surface area contributed by atoms with E-state index >= 15 is 0 Å². The van der Waals surface area contributed by atoms with Gasteiger partial charge in [-0.2, -0.15) is 0 Å². The molecule has 0 spiro atoms. The summed E-state index contributed by atoms with van der Waals surface area (Å²) in [6, 6.07) is 5.69. The van der Waals surface area contributed by atoms with E-state index in [9.17, 15) is 4.79 Å². The van der Waals surface area contributed by atoms with E-state index in [2.05, 4.69) is 34.5 Å². The van der Waals surface area contributed by atoms with Crippen LogP contribution in [0.4, 0.5) is 17.2 Å². The van der Waals surface area contributed by atoms with E-state index in [4.69, 9.17) is 10.8 Å². The fourth-order valence-electron chi connectivity index (χ4n) is 3.42. The van der Waals surface area contributed by atoms with Crippen LogP contribution in [0.25, 0.3) is 10.2 Å². The fraction of sp³-hybridized carbons (Fsp3) is 0.318. The molecule has 1 amide bonds. The van der Waals surface area contributed by atoms with Gasteiger partial charge in [-0.3, -0.25) is 9.69 Å². The van der Waals surface area contributed by atoms with Crippen LogP contribution in [0.15, 0.2) is 41.9 Å². The number of carbonyl (C=O) groups is 1. The van der Waals surface area contributed by atoms with Crippen LogP contribution in [-0.4, -0.2) is 32.4 Å². The molecule has 31 heavy (non-hydrogen) atoms. The Morgan fingerprint density at radius 2 is 2.10 bits per heavy atom. The summed E-state index contributed by atoms with van der Waals surface area (Å²) < 4.78 is 0. The summed E-state index contributed by atoms with van der Waals surface area (Å²) in [6.07, 6.45) is 6.99. The van der Waals surface area contributed by atoms with Crippen molar-refractivity contribution >= 4 is 57.8 Å². The topological polar surface area (TPSA) is 104 Å². The van der Waals surface area contributed by atoms with E-state index in [0.717, 1.165) is 32.6 Å². The van der Waals surface area contributed by atoms with Gasteiger partial charge in [0.2, 0.25) is 6.41 Å². The third-order valence-corrected chi connectivity index (χ3v) is 6.60. The zero-order chi connectivity index (χ0) is 22.5. The molecule has 0 aliphatic heterocycles. The van der Waals surface area contributed by atoms with Crippen LogP contribution in [0.2, 0.25) is 0 Å². The number of aromatic nitrogens is 2. The Morgan fingerprint density at radius 3 is 2.71 bits per heavy atom. The van der Waals surface area contributed by atoms with Gasteiger partial charge in [0.25, 0.3) is 0 Å². The monoisotopic (exact) mass is 457 g/mol. The number of benzene rings is 1. The van der Waals surface area contributed by atoms with Gasteiger partial charge in [0, 0.05) is 27.2 Å². The number of amides is 1. The maximum Gasteiger partial charge on any atom is 0.216 e. The molecule has 4 N–H and O–H groups in total. The molecule has 1 aliphatic carbocycles. The number of carbonyl (C=O) groups excluding carboxylic acids is 1. The summed E-state index contributed by atoms with van der Waals surface area (Å²) in [4.78, 5) is 23.5. The zero-order valence-corrected chi connectivity index (χ0v) is 19.3. The first-order valence-electron chi connectivity index (χ1n) is 10.0. The molecule has 164 valence electrons. The summed E-state index contributed by atoms with van der Waals surface area (Å²) >= 11 is 6.18. The van der Waals surface area contributed by atoms with E-state index in [-0.39, 0.29) is 11.9 Å². The Morgan fingerprint density at radius 1 is 1.35 bits per heavy atom. The molecular formula is C22H27N5O2S2. The number of anilines is 3. The number of thiol groups is 1. The molecule has 2 heterocycles. The van der Waals surface area contributed by atoms with Crippen LogP contribution < -0.4 is 11.1 Å². The zero-order valence-electron chi connectivity index (χ0n) is 17.6. The van der Waals surface area contributed by atoms with Gasteiger partial charge in [-0.15, -0.1) is 24.0 Å². The second-order valence-electron chi connectivity index (χ2n) is 7.53. The second kappa shape index (κ2) is 10.0. The lowest BCUT2D eigenvalue weighted by Crippen LogP contribution is -2.27. The molecule has 0 bridgehead atoms. The first kappa shape index (κ1) is 22.9. The molecule has 1 aromatic carbocycles. The third kappa shape index (κ3) is 5.29. The van der Waals surface area contributed by atoms with Gasteiger partial charge < -0.3 is 16.2 Å². The normalized spacial score (nSPS) is 12.6. The maximum absolute atomic E-state index is 10.1. The smallest absolute Gasteiger partial charge is 0.216 e. The van der Waals surface area contributed by atoms with E-state index in [1.54, 1.807) is 31.5 Å². The van der Waals surface area contributed by atoms with Gasteiger partial charge in [-0.25, -0.2) is 9.97 Å². The first-order chi connectivity index (χ1) is 14.8. The van der Waals surface area contributed by atoms with Crippen molar-refractivity contribution in [2.75, 3.05) is 11.1 Å². The minimum Gasteiger partial charge on any atom is -0.495 e. The van der Waals surface area contributed by atoms with Crippen LogP contribution in [-0.2, 0) is 17.6 Å². The molecule has 0 saturated carbocycles. The Labute approximate surface area is 191 Å². The summed E-state index contributed by atoms with van der Waals surface area (Å²) in [5, 5.41) is 13.3. The number of nitrogens with two attached hydrogens (primary N) is 1. The van der Waals surface area contributed by atoms with Gasteiger partial charge in [-0.05, 0) is 69.9 Å². The molecule has 2 aromatic heterocycles. The maximum atomic E-state index is 10.1. The van der Waals surface area contributed by atoms with Crippen LogP contribution in [0.5, 0.6) is 0 Å². The molecule has 9 heteroatoms. The highest BCUT2D eigenvalue weighted by molar-refractivity contribution is 7.80. The van der Waals surface area contributed by atoms with Gasteiger partial charge in [0.15, 0.2) is 5.88 Å². The van der Waals surface area contributed by atoms with Crippen molar-refractivity contribution in [2.45, 2.75) is 50.5 Å². The summed E-state index contributed by atoms with van der Waals surface area (Å²) in [5.74, 6) is 0.668. The van der Waals surface area contributed by atoms with Gasteiger partial charge >= 0.3 is 0 Å². The number of thiophene rings is 1. The molecule has 0 saturated heterocycles. The molecule has 0 unspecified atom stereocenters. The van der Waals surface area contributed by atoms with Crippen molar-refractivity contribution in [3.63, 3.8) is 0 Å². The Hall–Kier alpha value is -2.78. The number of fused-ring (bicyclic) bond motifs is 3. The number of aryl methyl sites for hydroxylation is 2. The quantitative estimate of drug-likeness (QED) is 0.185. The lowest BCUT2D eigenvalue weighted by Gasteiger charge is -2.18. The Balaban J connectivity index is 0.000000259. The molecule has 0 fully saturated rings. The van der Waals surface area contributed by atoms with Crippen LogP contribution in [0.3, 0.4) is 0 Å². The van der Waals surface area contributed by atoms with E-state index in [0.29, 0.717) is 12.1 Å². The first-order valence-corrected chi connectivity index (χ1v) is 11.3. The molecule has 1 aliphatic rings. The van der Waals surface area contributed by atoms with E-state index in [1.165, 1.54) is 35.1 Å². The standard InChI is InChI=1S/C16H16N4S2.C6H11NO2/c17-11-6-5-9(7-12(11)21)20-15-14-10-3-1-2-4-13(10)22-16(14)19-8-18-15;1-5(2)7(4-8)6(3)9/h5-8,21H,1-4,17H2,(H,18,19,20);4-5,9H,3H2,1-2H3. The number of nitrogen functional groups attached to an aromatic ring is 1. The summed E-state index contributed by atoms with van der Waals surface area (Å²) in [6.45, 7) is 6.77. The molecular weight excluding hydrogens is 430 g/mol. The van der Waals surface area contributed by atoms with Crippen molar-refractivity contribution in [3.8, 4) is 0 Å². The lowest BCUT2D eigenvalue weighted by molar-refractivity contribution is -0.119. The number of nitrogens with zero attached hydrogens (tertiary/aromatic N) is 3. The fourth-order valence-corrected chi connectivity index (χ4v) is 4.87. The number of hydrogen-bond donors (Lipinski definition) is 4. The predicted octanol–water partition coefficient (Wildman–Crippen LogP) is 5.07. The number of hydrogen-bond acceptors (Lipinski definition) is 8. The van der Waals surface area contributed by atoms with Crippen molar-refractivity contribution in [1.29, 1.82) is 0 Å². The average molecular weight is 458 g/mol. The molecule has 0 atom stereocenters. The SMILES string of the molecule is C=C(O)N(C=O)C(C)C.Nc1ccc(Nc2ncnc3sc4c(c23)CCCC4)cc1S. The summed E-state index contributed by atoms with van der Waals surface area (Å²) in [7, 11) is 0. The van der Waals surface area contributed by atoms with Crippen molar-refractivity contribution in [3.05, 3.63) is 47.4 Å². The lowest BCUT2D eigenvalue weighted by atomic mass is 9.97. The van der Waals surface area contributed by atoms with Crippen molar-refractivity contribution < 1.29 is 9.90 Å². The number of nitrogens with one attached hydrogen (secondary N) is 1. The summed E-state index contributed by atoms with van der Waals surface area (Å²) in [5.41, 5.74) is 8.86.